The van der Waals surface area contributed by atoms with E-state index in [1.165, 1.54) is 12.1 Å². The molecule has 4 heteroatoms. The van der Waals surface area contributed by atoms with E-state index in [-0.39, 0.29) is 17.9 Å². The van der Waals surface area contributed by atoms with E-state index in [0.717, 1.165) is 18.4 Å². The number of hydrogen-bond donors (Lipinski definition) is 1. The molecule has 2 aliphatic carbocycles. The van der Waals surface area contributed by atoms with E-state index < -0.39 is 11.7 Å². The summed E-state index contributed by atoms with van der Waals surface area (Å²) in [6, 6.07) is 4.40. The molecule has 1 saturated carbocycles. The van der Waals surface area contributed by atoms with Crippen LogP contribution in [0.2, 0.25) is 0 Å². The fraction of sp³-hybridized carbons (Fsp3) is 0.500. The van der Waals surface area contributed by atoms with Gasteiger partial charge in [-0.05, 0) is 36.0 Å². The molecule has 0 aliphatic heterocycles. The molecule has 0 amide bonds. The Hall–Kier alpha value is -1.03. The summed E-state index contributed by atoms with van der Waals surface area (Å²) < 4.78 is 38.6. The van der Waals surface area contributed by atoms with Crippen molar-refractivity contribution in [2.24, 2.45) is 5.73 Å². The summed E-state index contributed by atoms with van der Waals surface area (Å²) in [6.07, 6.45) is -2.63. The van der Waals surface area contributed by atoms with Crippen LogP contribution >= 0.6 is 0 Å². The largest absolute Gasteiger partial charge is 0.416 e. The molecule has 1 fully saturated rings. The molecule has 0 spiro atoms. The van der Waals surface area contributed by atoms with Gasteiger partial charge < -0.3 is 5.73 Å². The molecule has 3 rings (SSSR count). The van der Waals surface area contributed by atoms with Gasteiger partial charge in [0.05, 0.1) is 5.56 Å². The highest BCUT2D eigenvalue weighted by molar-refractivity contribution is 5.49. The number of halogens is 3. The van der Waals surface area contributed by atoms with Gasteiger partial charge in [-0.15, -0.1) is 0 Å². The molecule has 3 atom stereocenters. The van der Waals surface area contributed by atoms with Gasteiger partial charge in [0.25, 0.3) is 0 Å². The Kier molecular flexibility index (Phi) is 1.90. The molecular formula is C12H12F3N. The molecule has 0 aromatic heterocycles. The fourth-order valence-electron chi connectivity index (χ4n) is 3.26. The topological polar surface area (TPSA) is 26.0 Å². The second kappa shape index (κ2) is 3.00. The summed E-state index contributed by atoms with van der Waals surface area (Å²) in [5, 5.41) is 0. The van der Waals surface area contributed by atoms with Crippen LogP contribution in [0.15, 0.2) is 18.2 Å². The van der Waals surface area contributed by atoms with Gasteiger partial charge in [0.2, 0.25) is 0 Å². The normalized spacial score (nSPS) is 31.9. The molecular weight excluding hydrogens is 215 g/mol. The van der Waals surface area contributed by atoms with Gasteiger partial charge in [-0.3, -0.25) is 0 Å². The zero-order chi connectivity index (χ0) is 11.5. The monoisotopic (exact) mass is 227 g/mol. The maximum absolute atomic E-state index is 12.9. The van der Waals surface area contributed by atoms with Crippen molar-refractivity contribution in [1.82, 2.24) is 0 Å². The van der Waals surface area contributed by atoms with Crippen LogP contribution in [0.1, 0.15) is 41.4 Å². The number of rotatable bonds is 0. The summed E-state index contributed by atoms with van der Waals surface area (Å²) in [5.41, 5.74) is 6.75. The van der Waals surface area contributed by atoms with Gasteiger partial charge >= 0.3 is 6.18 Å². The van der Waals surface area contributed by atoms with Crippen LogP contribution in [0.25, 0.3) is 0 Å². The van der Waals surface area contributed by atoms with Crippen molar-refractivity contribution < 1.29 is 13.2 Å². The van der Waals surface area contributed by atoms with Crippen molar-refractivity contribution in [1.29, 1.82) is 0 Å². The molecule has 2 bridgehead atoms. The Morgan fingerprint density at radius 1 is 1.19 bits per heavy atom. The van der Waals surface area contributed by atoms with Gasteiger partial charge in [-0.2, -0.15) is 13.2 Å². The molecule has 1 nitrogen and oxygen atoms in total. The average molecular weight is 227 g/mol. The van der Waals surface area contributed by atoms with Crippen molar-refractivity contribution in [3.63, 3.8) is 0 Å². The SMILES string of the molecule is N[C@@H]1C[C@@H]2C[C@H]1c1c2cccc1C(F)(F)F. The Balaban J connectivity index is 2.19. The molecule has 0 heterocycles. The molecule has 86 valence electrons. The number of alkyl halides is 3. The third kappa shape index (κ3) is 1.22. The minimum absolute atomic E-state index is 0.0853. The molecule has 2 aliphatic rings. The third-order valence-corrected chi connectivity index (χ3v) is 3.87. The molecule has 1 aromatic carbocycles. The van der Waals surface area contributed by atoms with Crippen molar-refractivity contribution in [3.05, 3.63) is 34.9 Å². The van der Waals surface area contributed by atoms with Crippen LogP contribution in [-0.2, 0) is 6.18 Å². The summed E-state index contributed by atoms with van der Waals surface area (Å²) >= 11 is 0. The first-order chi connectivity index (χ1) is 7.48. The highest BCUT2D eigenvalue weighted by Gasteiger charge is 2.47. The predicted molar refractivity (Wildman–Crippen MR) is 54.1 cm³/mol. The van der Waals surface area contributed by atoms with Crippen molar-refractivity contribution in [3.8, 4) is 0 Å². The van der Waals surface area contributed by atoms with E-state index in [0.29, 0.717) is 5.56 Å². The van der Waals surface area contributed by atoms with Gasteiger partial charge in [0.1, 0.15) is 0 Å². The summed E-state index contributed by atoms with van der Waals surface area (Å²) in [4.78, 5) is 0. The van der Waals surface area contributed by atoms with Crippen LogP contribution in [0.3, 0.4) is 0 Å². The average Bonchev–Trinajstić information content (AvgIpc) is 2.73. The highest BCUT2D eigenvalue weighted by atomic mass is 19.4. The molecule has 2 N–H and O–H groups in total. The minimum atomic E-state index is -4.25. The van der Waals surface area contributed by atoms with E-state index >= 15 is 0 Å². The van der Waals surface area contributed by atoms with Gasteiger partial charge in [0.15, 0.2) is 0 Å². The standard InChI is InChI=1S/C12H12F3N/c13-12(14,15)9-3-1-2-7-6-4-8(11(7)9)10(16)5-6/h1-3,6,8,10H,4-5,16H2/t6-,8+,10+/m0/s1. The van der Waals surface area contributed by atoms with Gasteiger partial charge in [-0.1, -0.05) is 12.1 Å². The molecule has 0 unspecified atom stereocenters. The van der Waals surface area contributed by atoms with E-state index in [1.807, 2.05) is 6.07 Å². The highest BCUT2D eigenvalue weighted by Crippen LogP contribution is 2.55. The maximum Gasteiger partial charge on any atom is 0.416 e. The van der Waals surface area contributed by atoms with Crippen LogP contribution in [0, 0.1) is 0 Å². The van der Waals surface area contributed by atoms with Gasteiger partial charge in [-0.25, -0.2) is 0 Å². The minimum Gasteiger partial charge on any atom is -0.327 e. The van der Waals surface area contributed by atoms with E-state index in [1.54, 1.807) is 0 Å². The zero-order valence-electron chi connectivity index (χ0n) is 8.59. The lowest BCUT2D eigenvalue weighted by Gasteiger charge is -2.24. The summed E-state index contributed by atoms with van der Waals surface area (Å²) in [5.74, 6) is 0.162. The van der Waals surface area contributed by atoms with Crippen molar-refractivity contribution >= 4 is 0 Å². The maximum atomic E-state index is 12.9. The second-order valence-corrected chi connectivity index (χ2v) is 4.74. The number of hydrogen-bond acceptors (Lipinski definition) is 1. The lowest BCUT2D eigenvalue weighted by molar-refractivity contribution is -0.138. The van der Waals surface area contributed by atoms with E-state index in [2.05, 4.69) is 0 Å². The van der Waals surface area contributed by atoms with Crippen LogP contribution in [0.5, 0.6) is 0 Å². The first-order valence-corrected chi connectivity index (χ1v) is 5.44. The van der Waals surface area contributed by atoms with E-state index in [4.69, 9.17) is 5.73 Å². The smallest absolute Gasteiger partial charge is 0.327 e. The first-order valence-electron chi connectivity index (χ1n) is 5.44. The molecule has 16 heavy (non-hydrogen) atoms. The Morgan fingerprint density at radius 3 is 2.62 bits per heavy atom. The molecule has 0 saturated heterocycles. The lowest BCUT2D eigenvalue weighted by Crippen LogP contribution is -2.27. The van der Waals surface area contributed by atoms with E-state index in [9.17, 15) is 13.2 Å². The predicted octanol–water partition coefficient (Wildman–Crippen LogP) is 3.01. The number of nitrogens with two attached hydrogens (primary N) is 1. The Morgan fingerprint density at radius 2 is 1.94 bits per heavy atom. The van der Waals surface area contributed by atoms with Crippen LogP contribution in [-0.4, -0.2) is 6.04 Å². The Labute approximate surface area is 91.4 Å². The second-order valence-electron chi connectivity index (χ2n) is 4.74. The zero-order valence-corrected chi connectivity index (χ0v) is 8.59. The lowest BCUT2D eigenvalue weighted by atomic mass is 9.85. The third-order valence-electron chi connectivity index (χ3n) is 3.87. The fourth-order valence-corrected chi connectivity index (χ4v) is 3.26. The Bertz CT molecular complexity index is 438. The van der Waals surface area contributed by atoms with Crippen molar-refractivity contribution in [2.75, 3.05) is 0 Å². The molecule has 0 radical (unpaired) electrons. The summed E-state index contributed by atoms with van der Waals surface area (Å²) in [6.45, 7) is 0. The van der Waals surface area contributed by atoms with Crippen molar-refractivity contribution in [2.45, 2.75) is 36.9 Å². The van der Waals surface area contributed by atoms with Gasteiger partial charge in [0, 0.05) is 12.0 Å². The molecule has 1 aromatic rings. The van der Waals surface area contributed by atoms with Crippen LogP contribution < -0.4 is 5.73 Å². The first kappa shape index (κ1) is 10.1. The quantitative estimate of drug-likeness (QED) is 0.724. The van der Waals surface area contributed by atoms with Crippen LogP contribution in [0.4, 0.5) is 13.2 Å². The number of fused-ring (bicyclic) bond motifs is 5. The summed E-state index contributed by atoms with van der Waals surface area (Å²) in [7, 11) is 0. The number of benzene rings is 1.